The number of ether oxygens (including phenoxy) is 2. The standard InChI is InChI=1S/C24H19ClF3N3O6/c1-12(23(34,24(26,27)28)14-4-7-19-18(8-14)31(2)22(33)37-19)16-6-5-15(9-17(16)25)36-21-29-10-13(11-30-21)20(32)35-3/h4-12,34H,1-3H3/t12-,23-/m1/s1. The summed E-state index contributed by atoms with van der Waals surface area (Å²) in [6.45, 7) is 1.18. The third kappa shape index (κ3) is 4.65. The number of aliphatic hydroxyl groups is 1. The van der Waals surface area contributed by atoms with Crippen molar-refractivity contribution in [2.45, 2.75) is 24.6 Å². The van der Waals surface area contributed by atoms with Crippen LogP contribution in [0.4, 0.5) is 13.2 Å². The van der Waals surface area contributed by atoms with Crippen molar-refractivity contribution in [1.82, 2.24) is 14.5 Å². The van der Waals surface area contributed by atoms with E-state index in [1.165, 1.54) is 57.7 Å². The highest BCUT2D eigenvalue weighted by Gasteiger charge is 2.59. The second-order valence-electron chi connectivity index (χ2n) is 8.13. The number of hydrogen-bond donors (Lipinski definition) is 1. The van der Waals surface area contributed by atoms with Crippen molar-refractivity contribution >= 4 is 28.7 Å². The molecule has 0 aliphatic rings. The fourth-order valence-corrected chi connectivity index (χ4v) is 4.20. The number of nitrogens with zero attached hydrogens (tertiary/aromatic N) is 3. The average Bonchev–Trinajstić information content (AvgIpc) is 3.15. The molecular weight excluding hydrogens is 519 g/mol. The molecule has 2 aromatic heterocycles. The molecule has 0 saturated heterocycles. The minimum atomic E-state index is -5.11. The molecule has 0 aliphatic carbocycles. The molecule has 13 heteroatoms. The molecule has 194 valence electrons. The highest BCUT2D eigenvalue weighted by Crippen LogP contribution is 2.50. The van der Waals surface area contributed by atoms with Crippen LogP contribution in [0.1, 0.15) is 34.3 Å². The first-order valence-corrected chi connectivity index (χ1v) is 11.0. The van der Waals surface area contributed by atoms with E-state index in [1.54, 1.807) is 0 Å². The molecule has 9 nitrogen and oxygen atoms in total. The van der Waals surface area contributed by atoms with Gasteiger partial charge in [0.25, 0.3) is 0 Å². The Morgan fingerprint density at radius 2 is 1.84 bits per heavy atom. The van der Waals surface area contributed by atoms with Gasteiger partial charge in [0, 0.05) is 30.4 Å². The normalized spacial score (nSPS) is 14.3. The molecule has 2 aromatic carbocycles. The van der Waals surface area contributed by atoms with Crippen molar-refractivity contribution in [3.05, 3.63) is 81.1 Å². The van der Waals surface area contributed by atoms with Crippen molar-refractivity contribution in [2.75, 3.05) is 7.11 Å². The summed E-state index contributed by atoms with van der Waals surface area (Å²) in [4.78, 5) is 31.0. The largest absolute Gasteiger partial charge is 0.465 e. The van der Waals surface area contributed by atoms with Gasteiger partial charge in [-0.3, -0.25) is 4.57 Å². The van der Waals surface area contributed by atoms with Crippen LogP contribution in [0.25, 0.3) is 11.1 Å². The van der Waals surface area contributed by atoms with Gasteiger partial charge >= 0.3 is 23.9 Å². The Balaban J connectivity index is 1.68. The molecule has 0 aliphatic heterocycles. The van der Waals surface area contributed by atoms with Crippen LogP contribution in [0.15, 0.2) is 58.0 Å². The molecule has 1 N–H and O–H groups in total. The zero-order valence-corrected chi connectivity index (χ0v) is 20.3. The molecule has 0 amide bonds. The molecule has 0 radical (unpaired) electrons. The molecule has 0 bridgehead atoms. The summed E-state index contributed by atoms with van der Waals surface area (Å²) >= 11 is 6.32. The predicted molar refractivity (Wildman–Crippen MR) is 125 cm³/mol. The topological polar surface area (TPSA) is 117 Å². The molecule has 4 rings (SSSR count). The van der Waals surface area contributed by atoms with E-state index in [4.69, 9.17) is 20.8 Å². The van der Waals surface area contributed by atoms with Gasteiger partial charge in [0.1, 0.15) is 5.75 Å². The lowest BCUT2D eigenvalue weighted by Crippen LogP contribution is -2.46. The predicted octanol–water partition coefficient (Wildman–Crippen LogP) is 4.71. The van der Waals surface area contributed by atoms with Gasteiger partial charge < -0.3 is 19.0 Å². The first kappa shape index (κ1) is 26.2. The van der Waals surface area contributed by atoms with Crippen LogP contribution in [0, 0.1) is 0 Å². The number of methoxy groups -OCH3 is 1. The second kappa shape index (κ2) is 9.52. The zero-order chi connectivity index (χ0) is 27.1. The maximum atomic E-state index is 14.4. The van der Waals surface area contributed by atoms with Crippen LogP contribution < -0.4 is 10.5 Å². The van der Waals surface area contributed by atoms with Crippen LogP contribution in [0.3, 0.4) is 0 Å². The molecule has 4 aromatic rings. The van der Waals surface area contributed by atoms with Crippen LogP contribution in [-0.4, -0.2) is 38.9 Å². The van der Waals surface area contributed by atoms with Crippen LogP contribution in [-0.2, 0) is 17.4 Å². The number of carbonyl (C=O) groups excluding carboxylic acids is 1. The molecule has 0 saturated carbocycles. The SMILES string of the molecule is COC(=O)c1cnc(Oc2ccc([C@@H](C)[C@@](O)(c3ccc4oc(=O)n(C)c4c3)C(F)(F)F)c(Cl)c2)nc1. The third-order valence-corrected chi connectivity index (χ3v) is 6.31. The Morgan fingerprint density at radius 1 is 1.16 bits per heavy atom. The molecular formula is C24H19ClF3N3O6. The van der Waals surface area contributed by atoms with Crippen molar-refractivity contribution in [1.29, 1.82) is 0 Å². The van der Waals surface area contributed by atoms with Gasteiger partial charge in [0.2, 0.25) is 0 Å². The minimum absolute atomic E-state index is 0.0167. The number of alkyl halides is 3. The van der Waals surface area contributed by atoms with E-state index in [1.807, 2.05) is 0 Å². The van der Waals surface area contributed by atoms with E-state index in [0.29, 0.717) is 0 Å². The fraction of sp³-hybridized carbons (Fsp3) is 0.250. The van der Waals surface area contributed by atoms with Crippen molar-refractivity contribution in [3.63, 3.8) is 0 Å². The molecule has 0 spiro atoms. The maximum absolute atomic E-state index is 14.4. The van der Waals surface area contributed by atoms with Crippen molar-refractivity contribution < 1.29 is 37.0 Å². The lowest BCUT2D eigenvalue weighted by molar-refractivity contribution is -0.274. The van der Waals surface area contributed by atoms with E-state index >= 15 is 0 Å². The van der Waals surface area contributed by atoms with E-state index < -0.39 is 35.0 Å². The number of hydrogen-bond acceptors (Lipinski definition) is 8. The van der Waals surface area contributed by atoms with E-state index in [2.05, 4.69) is 14.7 Å². The van der Waals surface area contributed by atoms with Gasteiger partial charge in [0.15, 0.2) is 11.2 Å². The summed E-state index contributed by atoms with van der Waals surface area (Å²) in [6.07, 6.45) is -2.75. The number of benzene rings is 2. The number of esters is 1. The van der Waals surface area contributed by atoms with Crippen LogP contribution in [0.2, 0.25) is 5.02 Å². The number of fused-ring (bicyclic) bond motifs is 1. The summed E-state index contributed by atoms with van der Waals surface area (Å²) in [5, 5.41) is 11.0. The lowest BCUT2D eigenvalue weighted by Gasteiger charge is -2.37. The van der Waals surface area contributed by atoms with Gasteiger partial charge in [0.05, 0.1) is 18.2 Å². The Labute approximate surface area is 212 Å². The third-order valence-electron chi connectivity index (χ3n) is 5.99. The van der Waals surface area contributed by atoms with Crippen molar-refractivity contribution in [2.24, 2.45) is 7.05 Å². The molecule has 2 atom stereocenters. The fourth-order valence-electron chi connectivity index (χ4n) is 3.87. The highest BCUT2D eigenvalue weighted by atomic mass is 35.5. The smallest absolute Gasteiger partial charge is 0.422 e. The van der Waals surface area contributed by atoms with Crippen molar-refractivity contribution in [3.8, 4) is 11.8 Å². The lowest BCUT2D eigenvalue weighted by atomic mass is 9.77. The molecule has 0 unspecified atom stereocenters. The monoisotopic (exact) mass is 537 g/mol. The quantitative estimate of drug-likeness (QED) is 0.352. The van der Waals surface area contributed by atoms with E-state index in [-0.39, 0.29) is 39.0 Å². The Bertz CT molecular complexity index is 1530. The van der Waals surface area contributed by atoms with Crippen LogP contribution >= 0.6 is 11.6 Å². The Kier molecular flexibility index (Phi) is 6.74. The molecule has 0 fully saturated rings. The number of carbonyl (C=O) groups is 1. The highest BCUT2D eigenvalue weighted by molar-refractivity contribution is 6.31. The number of oxazole rings is 1. The van der Waals surface area contributed by atoms with E-state index in [9.17, 15) is 27.9 Å². The summed E-state index contributed by atoms with van der Waals surface area (Å²) in [5.41, 5.74) is -3.62. The summed E-state index contributed by atoms with van der Waals surface area (Å²) < 4.78 is 59.2. The Hall–Kier alpha value is -3.90. The van der Waals surface area contributed by atoms with Gasteiger partial charge in [-0.25, -0.2) is 19.6 Å². The summed E-state index contributed by atoms with van der Waals surface area (Å²) in [7, 11) is 2.55. The maximum Gasteiger partial charge on any atom is 0.422 e. The van der Waals surface area contributed by atoms with Gasteiger partial charge in [-0.15, -0.1) is 0 Å². The number of halogens is 4. The average molecular weight is 538 g/mol. The number of rotatable bonds is 6. The first-order chi connectivity index (χ1) is 17.4. The molecule has 2 heterocycles. The van der Waals surface area contributed by atoms with Gasteiger partial charge in [-0.05, 0) is 35.4 Å². The van der Waals surface area contributed by atoms with E-state index in [0.717, 1.165) is 16.7 Å². The molecule has 37 heavy (non-hydrogen) atoms. The zero-order valence-electron chi connectivity index (χ0n) is 19.5. The number of aryl methyl sites for hydroxylation is 1. The minimum Gasteiger partial charge on any atom is -0.465 e. The second-order valence-corrected chi connectivity index (χ2v) is 8.53. The Morgan fingerprint density at radius 3 is 2.43 bits per heavy atom. The summed E-state index contributed by atoms with van der Waals surface area (Å²) in [6, 6.07) is 7.05. The van der Waals surface area contributed by atoms with Gasteiger partial charge in [-0.1, -0.05) is 30.7 Å². The van der Waals surface area contributed by atoms with Gasteiger partial charge in [-0.2, -0.15) is 13.2 Å². The first-order valence-electron chi connectivity index (χ1n) is 10.6. The summed E-state index contributed by atoms with van der Waals surface area (Å²) in [5.74, 6) is -2.86. The van der Waals surface area contributed by atoms with Crippen LogP contribution in [0.5, 0.6) is 11.8 Å². The number of aromatic nitrogens is 3.